The minimum absolute atomic E-state index is 0.443. The van der Waals surface area contributed by atoms with Crippen LogP contribution >= 0.6 is 0 Å². The molecule has 7 rings (SSSR count). The second-order valence-electron chi connectivity index (χ2n) is 14.8. The van der Waals surface area contributed by atoms with E-state index in [0.717, 1.165) is 113 Å². The van der Waals surface area contributed by atoms with Gasteiger partial charge in [0, 0.05) is 53.2 Å². The number of hydrogen-bond acceptors (Lipinski definition) is 5. The van der Waals surface area contributed by atoms with E-state index in [-0.39, 0.29) is 0 Å². The lowest BCUT2D eigenvalue weighted by molar-refractivity contribution is 0.397. The molecular formula is C48H47N7. The van der Waals surface area contributed by atoms with Crippen molar-refractivity contribution >= 4 is 22.6 Å². The highest BCUT2D eigenvalue weighted by Crippen LogP contribution is 2.46. The third-order valence-corrected chi connectivity index (χ3v) is 11.5. The first-order chi connectivity index (χ1) is 27.1. The van der Waals surface area contributed by atoms with E-state index in [9.17, 15) is 15.8 Å². The Morgan fingerprint density at radius 1 is 0.509 bits per heavy atom. The molecule has 0 radical (unpaired) electrons. The van der Waals surface area contributed by atoms with Crippen LogP contribution in [-0.4, -0.2) is 21.4 Å². The molecule has 0 amide bonds. The first-order valence-electron chi connectivity index (χ1n) is 19.7. The minimum atomic E-state index is -0.518. The first-order valence-corrected chi connectivity index (χ1v) is 19.7. The van der Waals surface area contributed by atoms with Crippen molar-refractivity contribution in [1.29, 1.82) is 15.8 Å². The van der Waals surface area contributed by atoms with Crippen LogP contribution < -0.4 is 0 Å². The zero-order valence-corrected chi connectivity index (χ0v) is 31.6. The van der Waals surface area contributed by atoms with E-state index in [4.69, 9.17) is 9.98 Å². The Morgan fingerprint density at radius 2 is 0.927 bits per heavy atom. The van der Waals surface area contributed by atoms with Gasteiger partial charge < -0.3 is 9.97 Å². The lowest BCUT2D eigenvalue weighted by Gasteiger charge is -2.33. The monoisotopic (exact) mass is 721 g/mol. The van der Waals surface area contributed by atoms with Gasteiger partial charge in [-0.15, -0.1) is 0 Å². The van der Waals surface area contributed by atoms with Crippen molar-refractivity contribution in [2.24, 2.45) is 15.4 Å². The second kappa shape index (κ2) is 16.8. The number of hydrogen-bond donors (Lipinski definition) is 2. The Hall–Kier alpha value is -6.23. The smallest absolute Gasteiger partial charge is 0.0733 e. The standard InChI is InChI=1S/C48H47N7/c1-2-3-28-47(29-10-13-32-49)41-24-20-37(52-41)45(35-16-6-4-7-17-35)39-22-26-43(54-39)48(30-11-14-33-50,31-12-15-34-51)44-27-23-40(55-44)46(36-18-8-5-9-19-36)38-21-25-42(47)53-38/h4-9,16-27,54-55H,2-3,10-15,28-31H2,1H3/b45-37-,46-38-. The van der Waals surface area contributed by atoms with Gasteiger partial charge in [-0.1, -0.05) is 80.4 Å². The molecule has 7 heteroatoms. The van der Waals surface area contributed by atoms with Crippen LogP contribution in [0.25, 0.3) is 11.1 Å². The highest BCUT2D eigenvalue weighted by Gasteiger charge is 2.42. The maximum atomic E-state index is 9.66. The number of unbranched alkanes of at least 4 members (excludes halogenated alkanes) is 4. The Bertz CT molecular complexity index is 2170. The Kier molecular flexibility index (Phi) is 11.4. The summed E-state index contributed by atoms with van der Waals surface area (Å²) < 4.78 is 0. The Morgan fingerprint density at radius 3 is 1.35 bits per heavy atom. The van der Waals surface area contributed by atoms with Gasteiger partial charge in [-0.2, -0.15) is 15.8 Å². The molecule has 0 spiro atoms. The maximum absolute atomic E-state index is 9.66. The number of aromatic nitrogens is 2. The Balaban J connectivity index is 1.55. The normalized spacial score (nSPS) is 19.0. The van der Waals surface area contributed by atoms with E-state index in [1.54, 1.807) is 0 Å². The molecule has 4 aromatic rings. The first kappa shape index (κ1) is 37.1. The number of rotatable bonds is 14. The number of aromatic amines is 2. The van der Waals surface area contributed by atoms with Crippen LogP contribution in [0, 0.1) is 39.4 Å². The summed E-state index contributed by atoms with van der Waals surface area (Å²) in [5.74, 6) is 0. The SMILES string of the molecule is CCCCC1(CCCC#N)C2=N/C(=C(/c3ccccc3)c3ccc([nH]3)C(CCCC#N)(CCCC#N)c3ccc([nH]3)/C(c3ccccc3)=C3/C=CC1=N3)C=C2. The molecule has 0 saturated carbocycles. The fourth-order valence-corrected chi connectivity index (χ4v) is 8.73. The number of benzene rings is 2. The lowest BCUT2D eigenvalue weighted by Crippen LogP contribution is -2.37. The van der Waals surface area contributed by atoms with E-state index in [1.807, 2.05) is 12.1 Å². The molecule has 274 valence electrons. The van der Waals surface area contributed by atoms with Gasteiger partial charge >= 0.3 is 0 Å². The zero-order chi connectivity index (χ0) is 38.1. The summed E-state index contributed by atoms with van der Waals surface area (Å²) in [4.78, 5) is 18.9. The van der Waals surface area contributed by atoms with Crippen molar-refractivity contribution in [2.45, 2.75) is 89.4 Å². The van der Waals surface area contributed by atoms with Gasteiger partial charge in [0.25, 0.3) is 0 Å². The molecule has 3 aliphatic rings. The number of nitriles is 3. The minimum Gasteiger partial charge on any atom is -0.358 e. The summed E-state index contributed by atoms with van der Waals surface area (Å²) in [5, 5.41) is 29.0. The van der Waals surface area contributed by atoms with E-state index < -0.39 is 10.8 Å². The molecule has 55 heavy (non-hydrogen) atoms. The molecule has 5 heterocycles. The fraction of sp³-hybridized carbons (Fsp3) is 0.312. The molecule has 2 aromatic heterocycles. The van der Waals surface area contributed by atoms with Gasteiger partial charge in [0.1, 0.15) is 0 Å². The zero-order valence-electron chi connectivity index (χ0n) is 31.6. The van der Waals surface area contributed by atoms with Gasteiger partial charge in [0.15, 0.2) is 0 Å². The molecule has 0 saturated heterocycles. The quantitative estimate of drug-likeness (QED) is 0.126. The van der Waals surface area contributed by atoms with E-state index in [1.165, 1.54) is 0 Å². The largest absolute Gasteiger partial charge is 0.358 e. The number of allylic oxidation sites excluding steroid dienone is 4. The van der Waals surface area contributed by atoms with Crippen LogP contribution in [0.5, 0.6) is 0 Å². The molecule has 0 aliphatic carbocycles. The summed E-state index contributed by atoms with van der Waals surface area (Å²) in [6.07, 6.45) is 17.3. The Labute approximate surface area is 324 Å². The molecule has 2 N–H and O–H groups in total. The fourth-order valence-electron chi connectivity index (χ4n) is 8.73. The van der Waals surface area contributed by atoms with E-state index >= 15 is 0 Å². The van der Waals surface area contributed by atoms with Gasteiger partial charge in [-0.3, -0.25) is 9.98 Å². The van der Waals surface area contributed by atoms with Gasteiger partial charge in [-0.25, -0.2) is 0 Å². The molecule has 8 bridgehead atoms. The van der Waals surface area contributed by atoms with Crippen LogP contribution in [0.4, 0.5) is 0 Å². The van der Waals surface area contributed by atoms with Crippen molar-refractivity contribution in [1.82, 2.24) is 9.97 Å². The number of aliphatic imine (C=N–C) groups is 2. The third kappa shape index (κ3) is 7.34. The highest BCUT2D eigenvalue weighted by atomic mass is 14.9. The van der Waals surface area contributed by atoms with Crippen molar-refractivity contribution in [3.05, 3.63) is 155 Å². The van der Waals surface area contributed by atoms with Gasteiger partial charge in [0.2, 0.25) is 0 Å². The van der Waals surface area contributed by atoms with Gasteiger partial charge in [-0.05, 0) is 105 Å². The summed E-state index contributed by atoms with van der Waals surface area (Å²) in [5.41, 5.74) is 10.9. The molecule has 3 aliphatic heterocycles. The molecule has 0 atom stereocenters. The highest BCUT2D eigenvalue weighted by molar-refractivity contribution is 6.22. The molecule has 0 fully saturated rings. The number of fused-ring (bicyclic) bond motifs is 6. The maximum Gasteiger partial charge on any atom is 0.0733 e. The lowest BCUT2D eigenvalue weighted by atomic mass is 9.70. The molecule has 0 unspecified atom stereocenters. The van der Waals surface area contributed by atoms with Crippen molar-refractivity contribution in [3.8, 4) is 18.2 Å². The van der Waals surface area contributed by atoms with Crippen LogP contribution in [0.3, 0.4) is 0 Å². The van der Waals surface area contributed by atoms with Crippen molar-refractivity contribution in [3.63, 3.8) is 0 Å². The molecule has 7 nitrogen and oxygen atoms in total. The average molecular weight is 722 g/mol. The summed E-state index contributed by atoms with van der Waals surface area (Å²) in [7, 11) is 0. The number of nitrogens with zero attached hydrogens (tertiary/aromatic N) is 5. The average Bonchev–Trinajstić information content (AvgIpc) is 4.06. The summed E-state index contributed by atoms with van der Waals surface area (Å²) >= 11 is 0. The molecule has 2 aromatic carbocycles. The third-order valence-electron chi connectivity index (χ3n) is 11.5. The van der Waals surface area contributed by atoms with Crippen LogP contribution in [0.2, 0.25) is 0 Å². The van der Waals surface area contributed by atoms with Gasteiger partial charge in [0.05, 0.1) is 51.9 Å². The van der Waals surface area contributed by atoms with E-state index in [2.05, 4.69) is 132 Å². The topological polar surface area (TPSA) is 128 Å². The van der Waals surface area contributed by atoms with E-state index in [0.29, 0.717) is 32.1 Å². The molecular weight excluding hydrogens is 675 g/mol. The predicted octanol–water partition coefficient (Wildman–Crippen LogP) is 11.4. The van der Waals surface area contributed by atoms with Crippen LogP contribution in [-0.2, 0) is 5.41 Å². The van der Waals surface area contributed by atoms with Crippen molar-refractivity contribution < 1.29 is 0 Å². The van der Waals surface area contributed by atoms with Crippen molar-refractivity contribution in [2.75, 3.05) is 0 Å². The van der Waals surface area contributed by atoms with Crippen LogP contribution in [0.15, 0.2) is 131 Å². The summed E-state index contributed by atoms with van der Waals surface area (Å²) in [6, 6.07) is 36.7. The summed E-state index contributed by atoms with van der Waals surface area (Å²) in [6.45, 7) is 2.22. The predicted molar refractivity (Wildman–Crippen MR) is 221 cm³/mol. The number of nitrogens with one attached hydrogen (secondary N) is 2. The number of H-pyrrole nitrogens is 2. The van der Waals surface area contributed by atoms with Crippen LogP contribution in [0.1, 0.15) is 118 Å². The second-order valence-corrected chi connectivity index (χ2v) is 14.8.